The maximum Gasteiger partial charge on any atom is 0.336 e. The molecule has 0 atom stereocenters. The molecule has 23 heavy (non-hydrogen) atoms. The van der Waals surface area contributed by atoms with Crippen LogP contribution in [0.4, 0.5) is 4.39 Å². The van der Waals surface area contributed by atoms with Gasteiger partial charge in [0.1, 0.15) is 5.82 Å². The number of carboxylic acid groups (broad SMARTS) is 1. The number of hydrogen-bond donors (Lipinski definition) is 1. The Morgan fingerprint density at radius 1 is 1.35 bits per heavy atom. The SMILES string of the molecule is Cn1nc(C2=Cc3nccc(C(=O)O)c3C2)c2ccc(F)cc21. The lowest BCUT2D eigenvalue weighted by atomic mass is 10.0. The zero-order chi connectivity index (χ0) is 16.1. The van der Waals surface area contributed by atoms with E-state index in [0.717, 1.165) is 16.7 Å². The van der Waals surface area contributed by atoms with E-state index in [2.05, 4.69) is 10.1 Å². The minimum Gasteiger partial charge on any atom is -0.478 e. The monoisotopic (exact) mass is 309 g/mol. The van der Waals surface area contributed by atoms with E-state index in [4.69, 9.17) is 0 Å². The van der Waals surface area contributed by atoms with Gasteiger partial charge in [0.2, 0.25) is 0 Å². The number of rotatable bonds is 2. The molecule has 0 amide bonds. The highest BCUT2D eigenvalue weighted by Gasteiger charge is 2.24. The van der Waals surface area contributed by atoms with Gasteiger partial charge in [0.25, 0.3) is 0 Å². The molecular formula is C17H12FN3O2. The minimum absolute atomic E-state index is 0.257. The van der Waals surface area contributed by atoms with Crippen LogP contribution in [0.15, 0.2) is 30.5 Å². The van der Waals surface area contributed by atoms with Crippen LogP contribution in [0.1, 0.15) is 27.3 Å². The van der Waals surface area contributed by atoms with Crippen molar-refractivity contribution in [2.75, 3.05) is 0 Å². The number of aromatic carboxylic acids is 1. The van der Waals surface area contributed by atoms with Gasteiger partial charge in [0.15, 0.2) is 0 Å². The molecule has 0 radical (unpaired) electrons. The number of allylic oxidation sites excluding steroid dienone is 1. The second-order valence-corrected chi connectivity index (χ2v) is 5.51. The van der Waals surface area contributed by atoms with E-state index >= 15 is 0 Å². The Bertz CT molecular complexity index is 1000. The third-order valence-corrected chi connectivity index (χ3v) is 4.12. The molecule has 0 unspecified atom stereocenters. The molecule has 4 rings (SSSR count). The molecule has 3 aromatic rings. The molecule has 2 heterocycles. The topological polar surface area (TPSA) is 68.0 Å². The van der Waals surface area contributed by atoms with Crippen LogP contribution in [0.3, 0.4) is 0 Å². The molecule has 1 aliphatic rings. The maximum atomic E-state index is 13.4. The zero-order valence-electron chi connectivity index (χ0n) is 12.2. The number of halogens is 1. The zero-order valence-corrected chi connectivity index (χ0v) is 12.2. The summed E-state index contributed by atoms with van der Waals surface area (Å²) in [6.07, 6.45) is 3.80. The van der Waals surface area contributed by atoms with Gasteiger partial charge < -0.3 is 5.11 Å². The van der Waals surface area contributed by atoms with Gasteiger partial charge in [-0.1, -0.05) is 0 Å². The second kappa shape index (κ2) is 4.74. The van der Waals surface area contributed by atoms with E-state index in [1.165, 1.54) is 24.4 Å². The average molecular weight is 309 g/mol. The largest absolute Gasteiger partial charge is 0.478 e. The molecule has 1 aliphatic carbocycles. The van der Waals surface area contributed by atoms with E-state index in [-0.39, 0.29) is 11.4 Å². The normalized spacial score (nSPS) is 13.2. The van der Waals surface area contributed by atoms with Crippen molar-refractivity contribution in [3.05, 3.63) is 58.8 Å². The van der Waals surface area contributed by atoms with Gasteiger partial charge >= 0.3 is 5.97 Å². The molecule has 0 aliphatic heterocycles. The van der Waals surface area contributed by atoms with Gasteiger partial charge in [0.05, 0.1) is 22.5 Å². The fraction of sp³-hybridized carbons (Fsp3) is 0.118. The number of pyridine rings is 1. The summed E-state index contributed by atoms with van der Waals surface area (Å²) in [6, 6.07) is 6.04. The van der Waals surface area contributed by atoms with E-state index in [1.54, 1.807) is 17.8 Å². The van der Waals surface area contributed by atoms with Gasteiger partial charge in [-0.15, -0.1) is 0 Å². The molecule has 1 aromatic carbocycles. The lowest BCUT2D eigenvalue weighted by Gasteiger charge is -2.03. The standard InChI is InChI=1S/C17H12FN3O2/c1-21-15-8-10(18)2-3-12(15)16(20-21)9-6-13-11(17(22)23)4-5-19-14(13)7-9/h2-5,7-8H,6H2,1H3,(H,22,23). The average Bonchev–Trinajstić information content (AvgIpc) is 3.08. The van der Waals surface area contributed by atoms with E-state index in [0.29, 0.717) is 23.2 Å². The first-order chi connectivity index (χ1) is 11.0. The van der Waals surface area contributed by atoms with Crippen molar-refractivity contribution in [1.82, 2.24) is 14.8 Å². The summed E-state index contributed by atoms with van der Waals surface area (Å²) < 4.78 is 15.1. The summed E-state index contributed by atoms with van der Waals surface area (Å²) >= 11 is 0. The highest BCUT2D eigenvalue weighted by molar-refractivity contribution is 6.00. The lowest BCUT2D eigenvalue weighted by Crippen LogP contribution is -2.03. The van der Waals surface area contributed by atoms with Crippen molar-refractivity contribution < 1.29 is 14.3 Å². The number of aromatic nitrogens is 3. The van der Waals surface area contributed by atoms with Crippen molar-refractivity contribution in [3.63, 3.8) is 0 Å². The summed E-state index contributed by atoms with van der Waals surface area (Å²) in [5.41, 5.74) is 3.92. The van der Waals surface area contributed by atoms with Gasteiger partial charge in [-0.25, -0.2) is 9.18 Å². The summed E-state index contributed by atoms with van der Waals surface area (Å²) in [6.45, 7) is 0. The van der Waals surface area contributed by atoms with Crippen molar-refractivity contribution in [2.45, 2.75) is 6.42 Å². The molecule has 0 fully saturated rings. The van der Waals surface area contributed by atoms with Crippen molar-refractivity contribution in [3.8, 4) is 0 Å². The first kappa shape index (κ1) is 13.6. The minimum atomic E-state index is -0.966. The Hall–Kier alpha value is -3.02. The van der Waals surface area contributed by atoms with E-state index < -0.39 is 5.97 Å². The van der Waals surface area contributed by atoms with Gasteiger partial charge in [0, 0.05) is 25.1 Å². The predicted molar refractivity (Wildman–Crippen MR) is 83.4 cm³/mol. The van der Waals surface area contributed by atoms with Gasteiger partial charge in [-0.3, -0.25) is 9.67 Å². The quantitative estimate of drug-likeness (QED) is 0.790. The van der Waals surface area contributed by atoms with Crippen LogP contribution in [0.25, 0.3) is 22.6 Å². The van der Waals surface area contributed by atoms with Gasteiger partial charge in [-0.05, 0) is 41.5 Å². The van der Waals surface area contributed by atoms with Crippen molar-refractivity contribution in [1.29, 1.82) is 0 Å². The Balaban J connectivity index is 1.85. The molecule has 0 saturated carbocycles. The number of aryl methyl sites for hydroxylation is 1. The number of hydrogen-bond acceptors (Lipinski definition) is 3. The molecular weight excluding hydrogens is 297 g/mol. The Kier molecular flexibility index (Phi) is 2.81. The number of benzene rings is 1. The lowest BCUT2D eigenvalue weighted by molar-refractivity contribution is 0.0695. The van der Waals surface area contributed by atoms with Crippen LogP contribution in [0.2, 0.25) is 0 Å². The summed E-state index contributed by atoms with van der Waals surface area (Å²) in [5, 5.41) is 14.6. The van der Waals surface area contributed by atoms with Crippen molar-refractivity contribution in [2.24, 2.45) is 7.05 Å². The van der Waals surface area contributed by atoms with E-state index in [1.807, 2.05) is 6.08 Å². The second-order valence-electron chi connectivity index (χ2n) is 5.51. The number of carboxylic acids is 1. The summed E-state index contributed by atoms with van der Waals surface area (Å²) in [7, 11) is 1.76. The molecule has 0 saturated heterocycles. The molecule has 0 spiro atoms. The summed E-state index contributed by atoms with van der Waals surface area (Å²) in [4.78, 5) is 15.6. The van der Waals surface area contributed by atoms with Gasteiger partial charge in [-0.2, -0.15) is 5.10 Å². The Morgan fingerprint density at radius 3 is 2.96 bits per heavy atom. The van der Waals surface area contributed by atoms with Crippen molar-refractivity contribution >= 4 is 28.5 Å². The third kappa shape index (κ3) is 2.03. The molecule has 0 bridgehead atoms. The Morgan fingerprint density at radius 2 is 2.17 bits per heavy atom. The number of fused-ring (bicyclic) bond motifs is 2. The van der Waals surface area contributed by atoms with Crippen LogP contribution >= 0.6 is 0 Å². The molecule has 114 valence electrons. The summed E-state index contributed by atoms with van der Waals surface area (Å²) in [5.74, 6) is -1.28. The van der Waals surface area contributed by atoms with Crippen LogP contribution < -0.4 is 0 Å². The first-order valence-corrected chi connectivity index (χ1v) is 7.09. The number of nitrogens with zero attached hydrogens (tertiary/aromatic N) is 3. The molecule has 1 N–H and O–H groups in total. The fourth-order valence-electron chi connectivity index (χ4n) is 3.05. The van der Waals surface area contributed by atoms with Crippen LogP contribution in [0.5, 0.6) is 0 Å². The smallest absolute Gasteiger partial charge is 0.336 e. The maximum absolute atomic E-state index is 13.4. The molecule has 2 aromatic heterocycles. The Labute approximate surface area is 130 Å². The van der Waals surface area contributed by atoms with Crippen LogP contribution in [-0.4, -0.2) is 25.8 Å². The molecule has 6 heteroatoms. The first-order valence-electron chi connectivity index (χ1n) is 7.09. The third-order valence-electron chi connectivity index (χ3n) is 4.12. The molecule has 5 nitrogen and oxygen atoms in total. The van der Waals surface area contributed by atoms with Crippen LogP contribution in [0, 0.1) is 5.82 Å². The predicted octanol–water partition coefficient (Wildman–Crippen LogP) is 2.90. The highest BCUT2D eigenvalue weighted by Crippen LogP contribution is 2.35. The fourth-order valence-corrected chi connectivity index (χ4v) is 3.05. The number of carbonyl (C=O) groups is 1. The van der Waals surface area contributed by atoms with E-state index in [9.17, 15) is 14.3 Å². The van der Waals surface area contributed by atoms with Crippen LogP contribution in [-0.2, 0) is 13.5 Å². The highest BCUT2D eigenvalue weighted by atomic mass is 19.1.